The molecule has 0 saturated heterocycles. The second-order valence-corrected chi connectivity index (χ2v) is 15.5. The van der Waals surface area contributed by atoms with Crippen molar-refractivity contribution in [1.29, 1.82) is 0 Å². The maximum absolute atomic E-state index is 6.40. The fourth-order valence-electron chi connectivity index (χ4n) is 2.86. The Kier molecular flexibility index (Phi) is 6.01. The van der Waals surface area contributed by atoms with E-state index in [9.17, 15) is 0 Å². The van der Waals surface area contributed by atoms with Crippen molar-refractivity contribution >= 4 is 19.2 Å². The monoisotopic (exact) mass is 420 g/mol. The van der Waals surface area contributed by atoms with Gasteiger partial charge in [0.25, 0.3) is 0 Å². The Labute approximate surface area is 145 Å². The van der Waals surface area contributed by atoms with Gasteiger partial charge in [-0.3, -0.25) is 0 Å². The molecule has 3 heteroatoms. The van der Waals surface area contributed by atoms with Crippen molar-refractivity contribution in [3.63, 3.8) is 0 Å². The van der Waals surface area contributed by atoms with Gasteiger partial charge in [0.15, 0.2) is 0 Å². The molecule has 0 aliphatic rings. The summed E-state index contributed by atoms with van der Waals surface area (Å²) in [4.78, 5) is 4.34. The van der Waals surface area contributed by atoms with E-state index in [0.717, 1.165) is 24.3 Å². The first-order valence-corrected chi connectivity index (χ1v) is 16.5. The third kappa shape index (κ3) is 4.43. The molecule has 0 saturated carbocycles. The zero-order chi connectivity index (χ0) is 17.0. The van der Waals surface area contributed by atoms with Crippen molar-refractivity contribution in [2.45, 2.75) is 50.4 Å². The van der Waals surface area contributed by atoms with Crippen LogP contribution in [0.25, 0.3) is 0 Å². The molecule has 0 fully saturated rings. The summed E-state index contributed by atoms with van der Waals surface area (Å²) in [6, 6.07) is 12.6. The number of aryl methyl sites for hydroxylation is 2. The molecule has 2 nitrogen and oxygen atoms in total. The van der Waals surface area contributed by atoms with Gasteiger partial charge in [-0.25, -0.2) is 0 Å². The Bertz CT molecular complexity index is 620. The van der Waals surface area contributed by atoms with Crippen LogP contribution in [0.3, 0.4) is 0 Å². The Hall–Kier alpha value is -1.16. The first-order chi connectivity index (χ1) is 10.9. The van der Waals surface area contributed by atoms with Gasteiger partial charge in [0, 0.05) is 0 Å². The van der Waals surface area contributed by atoms with Crippen LogP contribution < -0.4 is 6.15 Å². The summed E-state index contributed by atoms with van der Waals surface area (Å²) in [5.74, 6) is 1.96. The number of hydrogen-bond acceptors (Lipinski definition) is 2. The molecular formula is C20H28O2Sn. The molecule has 0 aliphatic carbocycles. The first kappa shape index (κ1) is 18.2. The minimum atomic E-state index is -3.13. The molecule has 0 aromatic heterocycles. The van der Waals surface area contributed by atoms with Gasteiger partial charge in [-0.05, 0) is 0 Å². The summed E-state index contributed by atoms with van der Waals surface area (Å²) < 4.78 is 12.8. The summed E-state index contributed by atoms with van der Waals surface area (Å²) in [6.45, 7) is 8.63. The molecule has 0 radical (unpaired) electrons. The minimum absolute atomic E-state index is 0.981. The zero-order valence-electron chi connectivity index (χ0n) is 15.2. The van der Waals surface area contributed by atoms with E-state index in [4.69, 9.17) is 6.15 Å². The van der Waals surface area contributed by atoms with E-state index < -0.39 is 19.2 Å². The van der Waals surface area contributed by atoms with Crippen LogP contribution in [0.2, 0.25) is 9.88 Å². The SMILES string of the molecule is CCc1cccc([O][Sn]([CH3])([CH3])[O]c2cccc(CC)c2C)c1C. The second kappa shape index (κ2) is 7.61. The van der Waals surface area contributed by atoms with E-state index in [0.29, 0.717) is 0 Å². The van der Waals surface area contributed by atoms with E-state index in [2.05, 4.69) is 74.0 Å². The van der Waals surface area contributed by atoms with Crippen molar-refractivity contribution in [1.82, 2.24) is 0 Å². The molecule has 0 atom stereocenters. The summed E-state index contributed by atoms with van der Waals surface area (Å²) >= 11 is -3.13. The molecule has 0 spiro atoms. The molecule has 2 rings (SSSR count). The van der Waals surface area contributed by atoms with Gasteiger partial charge >= 0.3 is 146 Å². The van der Waals surface area contributed by atoms with E-state index in [1.54, 1.807) is 0 Å². The van der Waals surface area contributed by atoms with Crippen molar-refractivity contribution in [2.75, 3.05) is 0 Å². The normalized spacial score (nSPS) is 11.4. The molecule has 0 N–H and O–H groups in total. The second-order valence-electron chi connectivity index (χ2n) is 6.39. The zero-order valence-corrected chi connectivity index (χ0v) is 18.0. The van der Waals surface area contributed by atoms with Gasteiger partial charge in [-0.15, -0.1) is 0 Å². The first-order valence-electron chi connectivity index (χ1n) is 8.43. The Morgan fingerprint density at radius 2 is 1.13 bits per heavy atom. The van der Waals surface area contributed by atoms with Crippen LogP contribution in [0.15, 0.2) is 36.4 Å². The maximum atomic E-state index is 6.40. The van der Waals surface area contributed by atoms with Crippen molar-refractivity contribution in [3.05, 3.63) is 58.7 Å². The fourth-order valence-corrected chi connectivity index (χ4v) is 7.26. The molecule has 23 heavy (non-hydrogen) atoms. The molecule has 0 unspecified atom stereocenters. The van der Waals surface area contributed by atoms with E-state index >= 15 is 0 Å². The third-order valence-corrected chi connectivity index (χ3v) is 8.33. The van der Waals surface area contributed by atoms with Gasteiger partial charge < -0.3 is 0 Å². The predicted octanol–water partition coefficient (Wildman–Crippen LogP) is 5.59. The Morgan fingerprint density at radius 1 is 0.739 bits per heavy atom. The van der Waals surface area contributed by atoms with E-state index in [-0.39, 0.29) is 0 Å². The van der Waals surface area contributed by atoms with E-state index in [1.165, 1.54) is 22.3 Å². The van der Waals surface area contributed by atoms with Gasteiger partial charge in [0.2, 0.25) is 0 Å². The quantitative estimate of drug-likeness (QED) is 0.569. The van der Waals surface area contributed by atoms with Crippen LogP contribution in [0, 0.1) is 13.8 Å². The number of benzene rings is 2. The van der Waals surface area contributed by atoms with Crippen LogP contribution in [-0.4, -0.2) is 19.2 Å². The number of rotatable bonds is 6. The van der Waals surface area contributed by atoms with Crippen LogP contribution in [0.5, 0.6) is 11.5 Å². The van der Waals surface area contributed by atoms with Crippen molar-refractivity contribution < 1.29 is 6.15 Å². The fraction of sp³-hybridized carbons (Fsp3) is 0.400. The predicted molar refractivity (Wildman–Crippen MR) is 99.9 cm³/mol. The van der Waals surface area contributed by atoms with Gasteiger partial charge in [0.05, 0.1) is 0 Å². The summed E-state index contributed by atoms with van der Waals surface area (Å²) in [7, 11) is 0. The van der Waals surface area contributed by atoms with E-state index in [1.807, 2.05) is 0 Å². The third-order valence-electron chi connectivity index (χ3n) is 4.27. The molecule has 0 bridgehead atoms. The van der Waals surface area contributed by atoms with Crippen LogP contribution in [-0.2, 0) is 12.8 Å². The number of hydrogen-bond donors (Lipinski definition) is 0. The topological polar surface area (TPSA) is 18.5 Å². The Morgan fingerprint density at radius 3 is 1.48 bits per heavy atom. The molecule has 0 amide bonds. The summed E-state index contributed by atoms with van der Waals surface area (Å²) in [6.07, 6.45) is 2.05. The molecule has 0 heterocycles. The molecular weight excluding hydrogens is 391 g/mol. The van der Waals surface area contributed by atoms with Crippen LogP contribution in [0.4, 0.5) is 0 Å². The average molecular weight is 419 g/mol. The van der Waals surface area contributed by atoms with Crippen LogP contribution >= 0.6 is 0 Å². The van der Waals surface area contributed by atoms with Crippen LogP contribution in [0.1, 0.15) is 36.1 Å². The average Bonchev–Trinajstić information content (AvgIpc) is 2.51. The summed E-state index contributed by atoms with van der Waals surface area (Å²) in [5.41, 5.74) is 5.16. The summed E-state index contributed by atoms with van der Waals surface area (Å²) in [5, 5.41) is 0. The van der Waals surface area contributed by atoms with Crippen molar-refractivity contribution in [3.8, 4) is 11.5 Å². The molecule has 0 aliphatic heterocycles. The van der Waals surface area contributed by atoms with Crippen molar-refractivity contribution in [2.24, 2.45) is 0 Å². The van der Waals surface area contributed by atoms with Gasteiger partial charge in [-0.1, -0.05) is 0 Å². The van der Waals surface area contributed by atoms with Gasteiger partial charge in [0.1, 0.15) is 0 Å². The standard InChI is InChI=1S/2C9H12O.2CH3.Sn/c2*1-3-8-5-4-6-9(10)7(8)2;;;/h2*4-6,10H,3H2,1-2H3;2*1H3;/q;;;;+2/p-2. The molecule has 2 aromatic rings. The Balaban J connectivity index is 2.23. The molecule has 2 aromatic carbocycles. The molecule has 124 valence electrons. The van der Waals surface area contributed by atoms with Gasteiger partial charge in [-0.2, -0.15) is 0 Å².